The molecule has 1 amide bonds. The first kappa shape index (κ1) is 15.4. The van der Waals surface area contributed by atoms with Gasteiger partial charge in [-0.3, -0.25) is 4.79 Å². The van der Waals surface area contributed by atoms with Crippen LogP contribution in [0.2, 0.25) is 0 Å². The number of hydrogen-bond acceptors (Lipinski definition) is 3. The molecule has 1 saturated carbocycles. The van der Waals surface area contributed by atoms with Crippen molar-refractivity contribution in [3.63, 3.8) is 0 Å². The Balaban J connectivity index is 2.33. The highest BCUT2D eigenvalue weighted by Gasteiger charge is 2.34. The van der Waals surface area contributed by atoms with Gasteiger partial charge in [0.15, 0.2) is 0 Å². The van der Waals surface area contributed by atoms with Crippen molar-refractivity contribution in [3.8, 4) is 0 Å². The fraction of sp³-hybridized carbons (Fsp3) is 0.929. The molecule has 1 aliphatic rings. The van der Waals surface area contributed by atoms with Crippen LogP contribution >= 0.6 is 0 Å². The highest BCUT2D eigenvalue weighted by atomic mass is 16.1. The summed E-state index contributed by atoms with van der Waals surface area (Å²) >= 11 is 0. The second-order valence-corrected chi connectivity index (χ2v) is 6.11. The molecule has 0 bridgehead atoms. The average Bonchev–Trinajstić information content (AvgIpc) is 2.99. The third-order valence-corrected chi connectivity index (χ3v) is 4.12. The van der Waals surface area contributed by atoms with Gasteiger partial charge in [-0.15, -0.1) is 0 Å². The van der Waals surface area contributed by atoms with Gasteiger partial charge in [0.1, 0.15) is 0 Å². The summed E-state index contributed by atoms with van der Waals surface area (Å²) in [6.45, 7) is 9.20. The molecule has 0 heterocycles. The van der Waals surface area contributed by atoms with E-state index in [9.17, 15) is 4.79 Å². The smallest absolute Gasteiger partial charge is 0.237 e. The molecule has 0 saturated heterocycles. The lowest BCUT2D eigenvalue weighted by molar-refractivity contribution is -0.124. The van der Waals surface area contributed by atoms with E-state index in [1.165, 1.54) is 6.42 Å². The van der Waals surface area contributed by atoms with E-state index in [2.05, 4.69) is 31.1 Å². The largest absolute Gasteiger partial charge is 0.368 e. The van der Waals surface area contributed by atoms with E-state index in [4.69, 9.17) is 5.73 Å². The van der Waals surface area contributed by atoms with Crippen molar-refractivity contribution in [2.75, 3.05) is 26.7 Å². The maximum Gasteiger partial charge on any atom is 0.237 e. The molecule has 1 aliphatic carbocycles. The fourth-order valence-electron chi connectivity index (χ4n) is 2.26. The van der Waals surface area contributed by atoms with Gasteiger partial charge in [-0.25, -0.2) is 0 Å². The number of nitrogens with zero attached hydrogens (tertiary/aromatic N) is 1. The molecular weight excluding hydrogens is 226 g/mol. The summed E-state index contributed by atoms with van der Waals surface area (Å²) in [7, 11) is 2.13. The van der Waals surface area contributed by atoms with Crippen LogP contribution < -0.4 is 11.1 Å². The first-order chi connectivity index (χ1) is 8.39. The number of rotatable bonds is 9. The fourth-order valence-corrected chi connectivity index (χ4v) is 2.26. The van der Waals surface area contributed by atoms with Crippen LogP contribution in [0.1, 0.15) is 40.0 Å². The molecular formula is C14H29N3O. The van der Waals surface area contributed by atoms with Gasteiger partial charge >= 0.3 is 0 Å². The minimum absolute atomic E-state index is 0.246. The number of carbonyl (C=O) groups excluding carboxylic acids is 1. The first-order valence-electron chi connectivity index (χ1n) is 7.12. The zero-order valence-corrected chi connectivity index (χ0v) is 12.3. The molecule has 3 unspecified atom stereocenters. The number of hydrogen-bond donors (Lipinski definition) is 2. The van der Waals surface area contributed by atoms with Crippen LogP contribution in [0.25, 0.3) is 0 Å². The van der Waals surface area contributed by atoms with Crippen LogP contribution in [0.3, 0.4) is 0 Å². The Bertz CT molecular complexity index is 282. The molecule has 0 spiro atoms. The van der Waals surface area contributed by atoms with Crippen molar-refractivity contribution in [3.05, 3.63) is 0 Å². The third kappa shape index (κ3) is 4.58. The van der Waals surface area contributed by atoms with Gasteiger partial charge in [0.25, 0.3) is 0 Å². The minimum atomic E-state index is -0.570. The van der Waals surface area contributed by atoms with Crippen LogP contribution in [0.4, 0.5) is 0 Å². The van der Waals surface area contributed by atoms with Crippen molar-refractivity contribution < 1.29 is 4.79 Å². The van der Waals surface area contributed by atoms with Crippen LogP contribution in [0, 0.1) is 11.8 Å². The van der Waals surface area contributed by atoms with E-state index in [1.54, 1.807) is 0 Å². The molecule has 4 heteroatoms. The predicted octanol–water partition coefficient (Wildman–Crippen LogP) is 1.21. The lowest BCUT2D eigenvalue weighted by atomic mass is 9.96. The van der Waals surface area contributed by atoms with E-state index in [-0.39, 0.29) is 5.91 Å². The van der Waals surface area contributed by atoms with Gasteiger partial charge in [0.2, 0.25) is 5.91 Å². The van der Waals surface area contributed by atoms with E-state index >= 15 is 0 Å². The third-order valence-electron chi connectivity index (χ3n) is 4.12. The summed E-state index contributed by atoms with van der Waals surface area (Å²) in [6.07, 6.45) is 3.14. The topological polar surface area (TPSA) is 58.4 Å². The van der Waals surface area contributed by atoms with Crippen LogP contribution in [0.5, 0.6) is 0 Å². The Morgan fingerprint density at radius 1 is 1.56 bits per heavy atom. The second-order valence-electron chi connectivity index (χ2n) is 6.11. The molecule has 4 nitrogen and oxygen atoms in total. The van der Waals surface area contributed by atoms with Crippen molar-refractivity contribution in [1.29, 1.82) is 0 Å². The minimum Gasteiger partial charge on any atom is -0.368 e. The van der Waals surface area contributed by atoms with Crippen LogP contribution in [-0.2, 0) is 4.79 Å². The van der Waals surface area contributed by atoms with Gasteiger partial charge in [-0.1, -0.05) is 13.8 Å². The van der Waals surface area contributed by atoms with Crippen LogP contribution in [-0.4, -0.2) is 43.0 Å². The Morgan fingerprint density at radius 2 is 2.17 bits per heavy atom. The Hall–Kier alpha value is -0.610. The Labute approximate surface area is 111 Å². The summed E-state index contributed by atoms with van der Waals surface area (Å²) < 4.78 is 0. The maximum absolute atomic E-state index is 11.6. The van der Waals surface area contributed by atoms with Crippen molar-refractivity contribution in [2.24, 2.45) is 17.6 Å². The molecule has 0 aromatic heterocycles. The van der Waals surface area contributed by atoms with Gasteiger partial charge in [0.05, 0.1) is 5.54 Å². The van der Waals surface area contributed by atoms with Crippen molar-refractivity contribution in [1.82, 2.24) is 10.2 Å². The molecule has 0 aromatic carbocycles. The maximum atomic E-state index is 11.6. The van der Waals surface area contributed by atoms with Gasteiger partial charge < -0.3 is 16.0 Å². The number of nitrogens with two attached hydrogens (primary N) is 1. The molecule has 0 radical (unpaired) electrons. The number of carbonyl (C=O) groups is 1. The quantitative estimate of drug-likeness (QED) is 0.651. The number of primary amides is 1. The molecule has 3 atom stereocenters. The molecule has 18 heavy (non-hydrogen) atoms. The van der Waals surface area contributed by atoms with E-state index in [0.717, 1.165) is 44.3 Å². The molecule has 1 fully saturated rings. The molecule has 3 N–H and O–H groups in total. The van der Waals surface area contributed by atoms with E-state index in [0.29, 0.717) is 0 Å². The summed E-state index contributed by atoms with van der Waals surface area (Å²) in [6, 6.07) is 0. The Kier molecular flexibility index (Phi) is 5.60. The second kappa shape index (κ2) is 6.53. The lowest BCUT2D eigenvalue weighted by Gasteiger charge is -2.29. The monoisotopic (exact) mass is 255 g/mol. The van der Waals surface area contributed by atoms with Gasteiger partial charge in [-0.2, -0.15) is 0 Å². The highest BCUT2D eigenvalue weighted by molar-refractivity contribution is 5.84. The number of amides is 1. The van der Waals surface area contributed by atoms with E-state index < -0.39 is 5.54 Å². The normalized spacial score (nSPS) is 26.1. The Morgan fingerprint density at radius 3 is 2.61 bits per heavy atom. The molecule has 1 rings (SSSR count). The van der Waals surface area contributed by atoms with Crippen molar-refractivity contribution in [2.45, 2.75) is 45.6 Å². The van der Waals surface area contributed by atoms with Crippen LogP contribution in [0.15, 0.2) is 0 Å². The SMILES string of the molecule is CCCNC(C)(CCN(C)CC1CC1C)C(N)=O. The standard InChI is InChI=1S/C14H29N3O/c1-5-7-16-14(3,13(15)18)6-8-17(4)10-12-9-11(12)2/h11-12,16H,5-10H2,1-4H3,(H2,15,18). The summed E-state index contributed by atoms with van der Waals surface area (Å²) in [4.78, 5) is 13.9. The summed E-state index contributed by atoms with van der Waals surface area (Å²) in [5.41, 5.74) is 4.94. The summed E-state index contributed by atoms with van der Waals surface area (Å²) in [5, 5.41) is 3.28. The van der Waals surface area contributed by atoms with Crippen molar-refractivity contribution >= 4 is 5.91 Å². The van der Waals surface area contributed by atoms with Gasteiger partial charge in [0, 0.05) is 13.1 Å². The molecule has 0 aromatic rings. The highest BCUT2D eigenvalue weighted by Crippen LogP contribution is 2.37. The number of nitrogens with one attached hydrogen (secondary N) is 1. The predicted molar refractivity (Wildman–Crippen MR) is 75.3 cm³/mol. The molecule has 0 aliphatic heterocycles. The van der Waals surface area contributed by atoms with E-state index in [1.807, 2.05) is 6.92 Å². The first-order valence-corrected chi connectivity index (χ1v) is 7.12. The summed E-state index contributed by atoms with van der Waals surface area (Å²) in [5.74, 6) is 1.50. The molecule has 106 valence electrons. The lowest BCUT2D eigenvalue weighted by Crippen LogP contribution is -2.54. The zero-order chi connectivity index (χ0) is 13.8. The van der Waals surface area contributed by atoms with Gasteiger partial charge in [-0.05, 0) is 51.6 Å². The average molecular weight is 255 g/mol. The zero-order valence-electron chi connectivity index (χ0n) is 12.3.